The molecule has 0 fully saturated rings. The van der Waals surface area contributed by atoms with E-state index in [4.69, 9.17) is 22.1 Å². The second-order valence-corrected chi connectivity index (χ2v) is 4.94. The molecule has 0 saturated heterocycles. The van der Waals surface area contributed by atoms with Crippen LogP contribution in [0, 0.1) is 11.6 Å². The highest BCUT2D eigenvalue weighted by Gasteiger charge is 2.10. The Kier molecular flexibility index (Phi) is 4.57. The summed E-state index contributed by atoms with van der Waals surface area (Å²) in [5, 5.41) is 0.567. The van der Waals surface area contributed by atoms with Gasteiger partial charge in [-0.1, -0.05) is 17.7 Å². The molecule has 5 heteroatoms. The fourth-order valence-electron chi connectivity index (χ4n) is 1.80. The maximum absolute atomic E-state index is 13.1. The van der Waals surface area contributed by atoms with Crippen LogP contribution in [-0.4, -0.2) is 0 Å². The van der Waals surface area contributed by atoms with Crippen LogP contribution in [0.1, 0.15) is 24.1 Å². The molecule has 0 aliphatic carbocycles. The van der Waals surface area contributed by atoms with E-state index in [9.17, 15) is 8.78 Å². The number of hydrogen-bond acceptors (Lipinski definition) is 2. The van der Waals surface area contributed by atoms with Crippen LogP contribution in [0.3, 0.4) is 0 Å². The SMILES string of the molecule is C[C@H](N)c1cc(Cl)ccc1OCc1ccc(F)c(F)c1. The van der Waals surface area contributed by atoms with Crippen molar-refractivity contribution >= 4 is 11.6 Å². The van der Waals surface area contributed by atoms with Gasteiger partial charge in [0.05, 0.1) is 0 Å². The van der Waals surface area contributed by atoms with Crippen LogP contribution in [0.25, 0.3) is 0 Å². The first-order chi connectivity index (χ1) is 9.47. The van der Waals surface area contributed by atoms with Crippen LogP contribution in [0.2, 0.25) is 5.02 Å². The molecular formula is C15H14ClF2NO. The van der Waals surface area contributed by atoms with Gasteiger partial charge >= 0.3 is 0 Å². The average Bonchev–Trinajstić information content (AvgIpc) is 2.41. The van der Waals surface area contributed by atoms with Gasteiger partial charge in [-0.15, -0.1) is 0 Å². The van der Waals surface area contributed by atoms with E-state index in [1.807, 2.05) is 6.92 Å². The van der Waals surface area contributed by atoms with Gasteiger partial charge in [0.2, 0.25) is 0 Å². The maximum Gasteiger partial charge on any atom is 0.159 e. The van der Waals surface area contributed by atoms with E-state index in [0.717, 1.165) is 17.7 Å². The van der Waals surface area contributed by atoms with E-state index < -0.39 is 11.6 Å². The molecule has 0 spiro atoms. The van der Waals surface area contributed by atoms with E-state index in [1.165, 1.54) is 6.07 Å². The Balaban J connectivity index is 2.16. The molecule has 0 aliphatic rings. The van der Waals surface area contributed by atoms with Crippen LogP contribution in [0.4, 0.5) is 8.78 Å². The summed E-state index contributed by atoms with van der Waals surface area (Å²) in [6.45, 7) is 1.94. The van der Waals surface area contributed by atoms with Crippen LogP contribution in [-0.2, 0) is 6.61 Å². The third kappa shape index (κ3) is 3.46. The zero-order valence-electron chi connectivity index (χ0n) is 10.9. The monoisotopic (exact) mass is 297 g/mol. The second-order valence-electron chi connectivity index (χ2n) is 4.51. The lowest BCUT2D eigenvalue weighted by Gasteiger charge is -2.14. The highest BCUT2D eigenvalue weighted by atomic mass is 35.5. The molecule has 2 nitrogen and oxygen atoms in total. The van der Waals surface area contributed by atoms with E-state index in [1.54, 1.807) is 18.2 Å². The molecule has 0 saturated carbocycles. The summed E-state index contributed by atoms with van der Waals surface area (Å²) in [6.07, 6.45) is 0. The molecule has 2 N–H and O–H groups in total. The number of halogens is 3. The van der Waals surface area contributed by atoms with Crippen molar-refractivity contribution in [2.75, 3.05) is 0 Å². The quantitative estimate of drug-likeness (QED) is 0.917. The topological polar surface area (TPSA) is 35.2 Å². The summed E-state index contributed by atoms with van der Waals surface area (Å²) < 4.78 is 31.5. The van der Waals surface area contributed by atoms with Gasteiger partial charge in [0.15, 0.2) is 11.6 Å². The molecule has 2 aromatic rings. The lowest BCUT2D eigenvalue weighted by Crippen LogP contribution is -2.08. The van der Waals surface area contributed by atoms with Crippen molar-refractivity contribution in [3.63, 3.8) is 0 Å². The lowest BCUT2D eigenvalue weighted by atomic mass is 10.1. The number of nitrogens with two attached hydrogens (primary N) is 1. The first-order valence-corrected chi connectivity index (χ1v) is 6.47. The zero-order valence-corrected chi connectivity index (χ0v) is 11.6. The summed E-state index contributed by atoms with van der Waals surface area (Å²) in [7, 11) is 0. The Morgan fingerprint density at radius 1 is 1.15 bits per heavy atom. The lowest BCUT2D eigenvalue weighted by molar-refractivity contribution is 0.300. The normalized spacial score (nSPS) is 12.2. The molecule has 0 amide bonds. The van der Waals surface area contributed by atoms with Crippen molar-refractivity contribution in [3.05, 3.63) is 64.2 Å². The molecule has 0 bridgehead atoms. The van der Waals surface area contributed by atoms with Gasteiger partial charge in [-0.3, -0.25) is 0 Å². The molecule has 2 aromatic carbocycles. The minimum Gasteiger partial charge on any atom is -0.489 e. The predicted octanol–water partition coefficient (Wildman–Crippen LogP) is 4.22. The van der Waals surface area contributed by atoms with Crippen LogP contribution < -0.4 is 10.5 Å². The Labute approximate surface area is 121 Å². The standard InChI is InChI=1S/C15H14ClF2NO/c1-9(19)12-7-11(16)3-5-15(12)20-8-10-2-4-13(17)14(18)6-10/h2-7,9H,8,19H2,1H3/t9-/m0/s1. The van der Waals surface area contributed by atoms with Crippen molar-refractivity contribution in [1.82, 2.24) is 0 Å². The Morgan fingerprint density at radius 3 is 2.55 bits per heavy atom. The van der Waals surface area contributed by atoms with E-state index in [-0.39, 0.29) is 12.6 Å². The largest absolute Gasteiger partial charge is 0.489 e. The summed E-state index contributed by atoms with van der Waals surface area (Å²) in [4.78, 5) is 0. The van der Waals surface area contributed by atoms with Crippen molar-refractivity contribution in [2.24, 2.45) is 5.73 Å². The Hall–Kier alpha value is -1.65. The van der Waals surface area contributed by atoms with Crippen LogP contribution in [0.5, 0.6) is 5.75 Å². The average molecular weight is 298 g/mol. The first kappa shape index (κ1) is 14.8. The predicted molar refractivity (Wildman–Crippen MR) is 74.7 cm³/mol. The molecule has 20 heavy (non-hydrogen) atoms. The molecule has 0 radical (unpaired) electrons. The van der Waals surface area contributed by atoms with Crippen molar-refractivity contribution < 1.29 is 13.5 Å². The van der Waals surface area contributed by atoms with Gasteiger partial charge in [0.25, 0.3) is 0 Å². The van der Waals surface area contributed by atoms with Gasteiger partial charge in [0, 0.05) is 16.6 Å². The van der Waals surface area contributed by atoms with Crippen molar-refractivity contribution in [2.45, 2.75) is 19.6 Å². The van der Waals surface area contributed by atoms with Crippen LogP contribution >= 0.6 is 11.6 Å². The van der Waals surface area contributed by atoms with Gasteiger partial charge in [-0.2, -0.15) is 0 Å². The molecule has 1 atom stereocenters. The van der Waals surface area contributed by atoms with Gasteiger partial charge in [0.1, 0.15) is 12.4 Å². The molecule has 0 unspecified atom stereocenters. The zero-order chi connectivity index (χ0) is 14.7. The second kappa shape index (κ2) is 6.20. The highest BCUT2D eigenvalue weighted by Crippen LogP contribution is 2.28. The number of rotatable bonds is 4. The molecular weight excluding hydrogens is 284 g/mol. The van der Waals surface area contributed by atoms with Crippen molar-refractivity contribution in [1.29, 1.82) is 0 Å². The number of hydrogen-bond donors (Lipinski definition) is 1. The van der Waals surface area contributed by atoms with E-state index >= 15 is 0 Å². The minimum absolute atomic E-state index is 0.124. The van der Waals surface area contributed by atoms with Gasteiger partial charge in [-0.25, -0.2) is 8.78 Å². The van der Waals surface area contributed by atoms with Crippen molar-refractivity contribution in [3.8, 4) is 5.75 Å². The summed E-state index contributed by atoms with van der Waals surface area (Å²) in [5.74, 6) is -1.19. The smallest absolute Gasteiger partial charge is 0.159 e. The third-order valence-corrected chi connectivity index (χ3v) is 3.08. The third-order valence-electron chi connectivity index (χ3n) is 2.84. The minimum atomic E-state index is -0.894. The fraction of sp³-hybridized carbons (Fsp3) is 0.200. The Bertz CT molecular complexity index is 617. The van der Waals surface area contributed by atoms with Crippen LogP contribution in [0.15, 0.2) is 36.4 Å². The number of benzene rings is 2. The highest BCUT2D eigenvalue weighted by molar-refractivity contribution is 6.30. The first-order valence-electron chi connectivity index (χ1n) is 6.09. The maximum atomic E-state index is 13.1. The molecule has 0 aromatic heterocycles. The summed E-state index contributed by atoms with van der Waals surface area (Å²) in [5.41, 5.74) is 7.15. The van der Waals surface area contributed by atoms with Gasteiger partial charge < -0.3 is 10.5 Å². The summed E-state index contributed by atoms with van der Waals surface area (Å²) >= 11 is 5.91. The Morgan fingerprint density at radius 2 is 1.90 bits per heavy atom. The molecule has 2 rings (SSSR count). The number of ether oxygens (including phenoxy) is 1. The molecule has 0 aliphatic heterocycles. The van der Waals surface area contributed by atoms with E-state index in [2.05, 4.69) is 0 Å². The fourth-order valence-corrected chi connectivity index (χ4v) is 1.98. The summed E-state index contributed by atoms with van der Waals surface area (Å²) in [6, 6.07) is 8.54. The molecule has 0 heterocycles. The van der Waals surface area contributed by atoms with Gasteiger partial charge in [-0.05, 0) is 42.8 Å². The van der Waals surface area contributed by atoms with E-state index in [0.29, 0.717) is 16.3 Å². The molecule has 106 valence electrons.